The van der Waals surface area contributed by atoms with E-state index in [0.29, 0.717) is 10.6 Å². The highest BCUT2D eigenvalue weighted by Crippen LogP contribution is 2.28. The number of H-pyrrole nitrogens is 1. The van der Waals surface area contributed by atoms with Gasteiger partial charge in [0.25, 0.3) is 5.56 Å². The monoisotopic (exact) mass is 420 g/mol. The van der Waals surface area contributed by atoms with E-state index in [-0.39, 0.29) is 13.2 Å². The number of rotatable bonds is 5. The third kappa shape index (κ3) is 3.89. The summed E-state index contributed by atoms with van der Waals surface area (Å²) in [7, 11) is 0. The Morgan fingerprint density at radius 1 is 1.43 bits per heavy atom. The van der Waals surface area contributed by atoms with Crippen molar-refractivity contribution in [3.05, 3.63) is 54.2 Å². The molecule has 0 spiro atoms. The van der Waals surface area contributed by atoms with E-state index in [4.69, 9.17) is 9.94 Å². The SMILES string of the molecule is Cc1c(Sc2cccc(I)c2)n(OCCO)c(=O)[nH]c1=O. The average molecular weight is 420 g/mol. The zero-order valence-corrected chi connectivity index (χ0v) is 14.1. The van der Waals surface area contributed by atoms with Gasteiger partial charge in [0.1, 0.15) is 11.6 Å². The van der Waals surface area contributed by atoms with Crippen LogP contribution in [0.3, 0.4) is 0 Å². The van der Waals surface area contributed by atoms with E-state index in [2.05, 4.69) is 27.6 Å². The van der Waals surface area contributed by atoms with Gasteiger partial charge in [-0.15, -0.1) is 4.73 Å². The molecule has 0 radical (unpaired) electrons. The Morgan fingerprint density at radius 3 is 2.86 bits per heavy atom. The van der Waals surface area contributed by atoms with Gasteiger partial charge in [0.05, 0.1) is 6.61 Å². The zero-order chi connectivity index (χ0) is 15.4. The van der Waals surface area contributed by atoms with Crippen LogP contribution in [-0.4, -0.2) is 28.0 Å². The van der Waals surface area contributed by atoms with E-state index >= 15 is 0 Å². The van der Waals surface area contributed by atoms with Crippen molar-refractivity contribution in [3.8, 4) is 0 Å². The summed E-state index contributed by atoms with van der Waals surface area (Å²) in [5.74, 6) is 0. The van der Waals surface area contributed by atoms with E-state index in [0.717, 1.165) is 13.2 Å². The highest BCUT2D eigenvalue weighted by Gasteiger charge is 2.14. The van der Waals surface area contributed by atoms with Crippen LogP contribution < -0.4 is 16.1 Å². The lowest BCUT2D eigenvalue weighted by Gasteiger charge is -2.13. The molecule has 2 N–H and O–H groups in total. The number of aliphatic hydroxyl groups is 1. The first-order chi connectivity index (χ1) is 10.0. The van der Waals surface area contributed by atoms with Gasteiger partial charge in [-0.2, -0.15) is 0 Å². The molecule has 6 nitrogen and oxygen atoms in total. The van der Waals surface area contributed by atoms with Crippen LogP contribution in [0.5, 0.6) is 0 Å². The summed E-state index contributed by atoms with van der Waals surface area (Å²) in [4.78, 5) is 31.9. The summed E-state index contributed by atoms with van der Waals surface area (Å²) in [6, 6.07) is 7.66. The smallest absolute Gasteiger partial charge is 0.362 e. The zero-order valence-electron chi connectivity index (χ0n) is 11.1. The van der Waals surface area contributed by atoms with Crippen molar-refractivity contribution in [2.24, 2.45) is 0 Å². The first-order valence-electron chi connectivity index (χ1n) is 6.06. The lowest BCUT2D eigenvalue weighted by Crippen LogP contribution is -2.37. The van der Waals surface area contributed by atoms with Crippen molar-refractivity contribution >= 4 is 34.4 Å². The predicted molar refractivity (Wildman–Crippen MR) is 87.9 cm³/mol. The van der Waals surface area contributed by atoms with Crippen LogP contribution in [0.4, 0.5) is 0 Å². The summed E-state index contributed by atoms with van der Waals surface area (Å²) in [5.41, 5.74) is -0.722. The number of hydrogen-bond acceptors (Lipinski definition) is 5. The standard InChI is InChI=1S/C13H13IN2O4S/c1-8-11(18)15-13(19)16(20-6-5-17)12(8)21-10-4-2-3-9(14)7-10/h2-4,7,17H,5-6H2,1H3,(H,15,18,19). The molecule has 0 amide bonds. The Kier molecular flexibility index (Phi) is 5.48. The molecule has 0 saturated carbocycles. The summed E-state index contributed by atoms with van der Waals surface area (Å²) < 4.78 is 2.06. The minimum absolute atomic E-state index is 0.0364. The number of aliphatic hydroxyl groups excluding tert-OH is 1. The largest absolute Gasteiger partial charge is 0.406 e. The molecule has 21 heavy (non-hydrogen) atoms. The number of hydrogen-bond donors (Lipinski definition) is 2. The molecule has 0 fully saturated rings. The minimum atomic E-state index is -0.660. The fraction of sp³-hybridized carbons (Fsp3) is 0.231. The molecule has 0 atom stereocenters. The third-order valence-electron chi connectivity index (χ3n) is 2.57. The van der Waals surface area contributed by atoms with Crippen LogP contribution in [0.2, 0.25) is 0 Å². The second-order valence-electron chi connectivity index (χ2n) is 4.10. The van der Waals surface area contributed by atoms with Gasteiger partial charge in [-0.3, -0.25) is 9.78 Å². The highest BCUT2D eigenvalue weighted by atomic mass is 127. The fourth-order valence-electron chi connectivity index (χ4n) is 1.59. The van der Waals surface area contributed by atoms with Crippen LogP contribution in [-0.2, 0) is 0 Å². The Labute approximate surface area is 138 Å². The van der Waals surface area contributed by atoms with Gasteiger partial charge in [-0.1, -0.05) is 17.8 Å². The molecule has 1 aromatic carbocycles. The summed E-state index contributed by atoms with van der Waals surface area (Å²) in [5, 5.41) is 9.24. The molecule has 0 aliphatic carbocycles. The lowest BCUT2D eigenvalue weighted by molar-refractivity contribution is 0.0513. The molecule has 112 valence electrons. The second kappa shape index (κ2) is 7.14. The van der Waals surface area contributed by atoms with Crippen molar-refractivity contribution in [1.82, 2.24) is 9.71 Å². The molecule has 8 heteroatoms. The normalized spacial score (nSPS) is 10.6. The molecule has 2 rings (SSSR count). The van der Waals surface area contributed by atoms with Gasteiger partial charge in [-0.05, 0) is 47.7 Å². The van der Waals surface area contributed by atoms with E-state index in [9.17, 15) is 9.59 Å². The van der Waals surface area contributed by atoms with Crippen LogP contribution in [0.25, 0.3) is 0 Å². The quantitative estimate of drug-likeness (QED) is 0.558. The fourth-order valence-corrected chi connectivity index (χ4v) is 3.37. The summed E-state index contributed by atoms with van der Waals surface area (Å²) >= 11 is 3.45. The number of nitrogens with one attached hydrogen (secondary N) is 1. The van der Waals surface area contributed by atoms with Crippen LogP contribution in [0, 0.1) is 10.5 Å². The molecule has 0 aliphatic heterocycles. The Morgan fingerprint density at radius 2 is 2.19 bits per heavy atom. The topological polar surface area (TPSA) is 84.3 Å². The number of halogens is 1. The minimum Gasteiger partial charge on any atom is -0.406 e. The van der Waals surface area contributed by atoms with Crippen molar-refractivity contribution in [1.29, 1.82) is 0 Å². The highest BCUT2D eigenvalue weighted by molar-refractivity contribution is 14.1. The van der Waals surface area contributed by atoms with Crippen LogP contribution in [0.1, 0.15) is 5.56 Å². The molecule has 0 unspecified atom stereocenters. The van der Waals surface area contributed by atoms with Gasteiger partial charge in [0.15, 0.2) is 0 Å². The molecule has 1 aromatic heterocycles. The van der Waals surface area contributed by atoms with Gasteiger partial charge in [0, 0.05) is 14.0 Å². The molecule has 2 aromatic rings. The van der Waals surface area contributed by atoms with E-state index in [1.807, 2.05) is 24.3 Å². The molecule has 0 saturated heterocycles. The molecule has 0 aliphatic rings. The van der Waals surface area contributed by atoms with E-state index in [1.165, 1.54) is 11.8 Å². The molecule has 1 heterocycles. The van der Waals surface area contributed by atoms with E-state index in [1.54, 1.807) is 6.92 Å². The summed E-state index contributed by atoms with van der Waals surface area (Å²) in [6.45, 7) is 1.36. The number of nitrogens with zero attached hydrogens (tertiary/aromatic N) is 1. The molecular weight excluding hydrogens is 407 g/mol. The van der Waals surface area contributed by atoms with Crippen LogP contribution >= 0.6 is 34.4 Å². The second-order valence-corrected chi connectivity index (χ2v) is 6.41. The van der Waals surface area contributed by atoms with Gasteiger partial charge >= 0.3 is 5.69 Å². The maximum absolute atomic E-state index is 11.9. The maximum atomic E-state index is 11.9. The average Bonchev–Trinajstić information content (AvgIpc) is 2.44. The van der Waals surface area contributed by atoms with Gasteiger partial charge in [-0.25, -0.2) is 4.79 Å². The predicted octanol–water partition coefficient (Wildman–Crippen LogP) is 1.02. The number of aromatic amines is 1. The Hall–Kier alpha value is -1.26. The van der Waals surface area contributed by atoms with Gasteiger partial charge < -0.3 is 9.94 Å². The summed E-state index contributed by atoms with van der Waals surface area (Å²) in [6.07, 6.45) is 0. The molecule has 0 bridgehead atoms. The van der Waals surface area contributed by atoms with Crippen molar-refractivity contribution in [3.63, 3.8) is 0 Å². The van der Waals surface area contributed by atoms with Crippen molar-refractivity contribution < 1.29 is 9.94 Å². The van der Waals surface area contributed by atoms with Crippen molar-refractivity contribution in [2.45, 2.75) is 16.8 Å². The van der Waals surface area contributed by atoms with Crippen molar-refractivity contribution in [2.75, 3.05) is 13.2 Å². The Balaban J connectivity index is 2.49. The van der Waals surface area contributed by atoms with Gasteiger partial charge in [0.2, 0.25) is 0 Å². The van der Waals surface area contributed by atoms with E-state index < -0.39 is 11.2 Å². The lowest BCUT2D eigenvalue weighted by atomic mass is 10.4. The maximum Gasteiger partial charge on any atom is 0.362 e. The Bertz CT molecular complexity index is 757. The first kappa shape index (κ1) is 16.1. The van der Waals surface area contributed by atoms with Crippen LogP contribution in [0.15, 0.2) is 43.8 Å². The number of benzene rings is 1. The third-order valence-corrected chi connectivity index (χ3v) is 4.40. The molecular formula is C13H13IN2O4S. The first-order valence-corrected chi connectivity index (χ1v) is 7.96. The number of aromatic nitrogens is 2.